The Kier molecular flexibility index (Phi) is 8.55. The first kappa shape index (κ1) is 20.9. The van der Waals surface area contributed by atoms with Crippen LogP contribution in [0.1, 0.15) is 38.7 Å². The summed E-state index contributed by atoms with van der Waals surface area (Å²) in [6.07, 6.45) is 2.85. The fourth-order valence-corrected chi connectivity index (χ4v) is 3.61. The maximum atomic E-state index is 12.6. The monoisotopic (exact) mass is 361 g/mol. The van der Waals surface area contributed by atoms with Crippen LogP contribution < -0.4 is 11.1 Å². The molecule has 0 aromatic heterocycles. The molecule has 1 amide bonds. The molecule has 5 heteroatoms. The summed E-state index contributed by atoms with van der Waals surface area (Å²) < 4.78 is 0. The minimum absolute atomic E-state index is 0.0326. The zero-order valence-electron chi connectivity index (χ0n) is 16.2. The molecule has 26 heavy (non-hydrogen) atoms. The molecule has 146 valence electrons. The van der Waals surface area contributed by atoms with Gasteiger partial charge in [-0.3, -0.25) is 4.79 Å². The largest absolute Gasteiger partial charge is 0.391 e. The number of amides is 1. The van der Waals surface area contributed by atoms with Crippen molar-refractivity contribution in [2.75, 3.05) is 26.2 Å². The number of nitrogens with zero attached hydrogens (tertiary/aromatic N) is 1. The fraction of sp³-hybridized carbons (Fsp3) is 0.667. The molecule has 0 spiro atoms. The molecule has 1 fully saturated rings. The molecule has 0 bridgehead atoms. The highest BCUT2D eigenvalue weighted by Crippen LogP contribution is 2.20. The van der Waals surface area contributed by atoms with E-state index < -0.39 is 6.10 Å². The number of rotatable bonds is 10. The first-order valence-electron chi connectivity index (χ1n) is 9.95. The first-order valence-corrected chi connectivity index (χ1v) is 9.95. The van der Waals surface area contributed by atoms with Gasteiger partial charge >= 0.3 is 0 Å². The van der Waals surface area contributed by atoms with Crippen molar-refractivity contribution in [1.29, 1.82) is 0 Å². The maximum absolute atomic E-state index is 12.6. The number of nitrogens with two attached hydrogens (primary N) is 1. The zero-order chi connectivity index (χ0) is 18.9. The van der Waals surface area contributed by atoms with E-state index in [-0.39, 0.29) is 23.8 Å². The van der Waals surface area contributed by atoms with E-state index in [1.807, 2.05) is 44.2 Å². The second kappa shape index (κ2) is 10.7. The van der Waals surface area contributed by atoms with Gasteiger partial charge < -0.3 is 21.1 Å². The molecule has 0 unspecified atom stereocenters. The van der Waals surface area contributed by atoms with Crippen molar-refractivity contribution in [2.45, 2.75) is 51.7 Å². The number of aliphatic hydroxyl groups is 1. The van der Waals surface area contributed by atoms with Crippen molar-refractivity contribution in [2.24, 2.45) is 17.6 Å². The Bertz CT molecular complexity index is 529. The second-order valence-electron chi connectivity index (χ2n) is 7.85. The van der Waals surface area contributed by atoms with Gasteiger partial charge in [0, 0.05) is 25.0 Å². The van der Waals surface area contributed by atoms with Gasteiger partial charge in [0.05, 0.1) is 6.10 Å². The van der Waals surface area contributed by atoms with Crippen molar-refractivity contribution in [3.05, 3.63) is 35.9 Å². The Hall–Kier alpha value is -1.43. The molecule has 0 saturated carbocycles. The van der Waals surface area contributed by atoms with Crippen LogP contribution in [0, 0.1) is 11.8 Å². The van der Waals surface area contributed by atoms with Gasteiger partial charge in [-0.2, -0.15) is 0 Å². The standard InChI is InChI=1S/C21H35N3O2/c1-16(2)18(21(26)23-10-13-24-11-6-7-12-24)15-20(25)19(22)14-17-8-4-3-5-9-17/h3-5,8-9,16,18-20,25H,6-7,10-15,22H2,1-2H3,(H,23,26)/t18-,19+,20+/m1/s1. The Morgan fingerprint density at radius 3 is 2.50 bits per heavy atom. The normalized spacial score (nSPS) is 18.7. The lowest BCUT2D eigenvalue weighted by molar-refractivity contribution is -0.127. The minimum Gasteiger partial charge on any atom is -0.391 e. The molecule has 0 radical (unpaired) electrons. The van der Waals surface area contributed by atoms with E-state index in [9.17, 15) is 9.90 Å². The van der Waals surface area contributed by atoms with E-state index in [4.69, 9.17) is 5.73 Å². The number of hydrogen-bond acceptors (Lipinski definition) is 4. The average molecular weight is 362 g/mol. The van der Waals surface area contributed by atoms with Crippen LogP contribution in [0.15, 0.2) is 30.3 Å². The van der Waals surface area contributed by atoms with Crippen molar-refractivity contribution in [3.63, 3.8) is 0 Å². The van der Waals surface area contributed by atoms with Crippen molar-refractivity contribution in [3.8, 4) is 0 Å². The van der Waals surface area contributed by atoms with E-state index in [2.05, 4.69) is 10.2 Å². The van der Waals surface area contributed by atoms with Crippen LogP contribution in [-0.2, 0) is 11.2 Å². The quantitative estimate of drug-likeness (QED) is 0.594. The van der Waals surface area contributed by atoms with Crippen LogP contribution in [0.25, 0.3) is 0 Å². The SMILES string of the molecule is CC(C)[C@@H](C[C@H](O)[C@@H](N)Cc1ccccc1)C(=O)NCCN1CCCC1. The lowest BCUT2D eigenvalue weighted by Crippen LogP contribution is -2.43. The van der Waals surface area contributed by atoms with Gasteiger partial charge in [-0.1, -0.05) is 44.2 Å². The van der Waals surface area contributed by atoms with E-state index >= 15 is 0 Å². The molecule has 1 aromatic rings. The molecule has 3 atom stereocenters. The molecule has 0 aliphatic carbocycles. The topological polar surface area (TPSA) is 78.6 Å². The van der Waals surface area contributed by atoms with E-state index in [0.29, 0.717) is 19.4 Å². The third-order valence-electron chi connectivity index (χ3n) is 5.37. The smallest absolute Gasteiger partial charge is 0.223 e. The van der Waals surface area contributed by atoms with Crippen LogP contribution in [0.4, 0.5) is 0 Å². The van der Waals surface area contributed by atoms with Gasteiger partial charge in [-0.15, -0.1) is 0 Å². The molecular weight excluding hydrogens is 326 g/mol. The van der Waals surface area contributed by atoms with E-state index in [0.717, 1.165) is 25.2 Å². The number of nitrogens with one attached hydrogen (secondary N) is 1. The second-order valence-corrected chi connectivity index (χ2v) is 7.85. The summed E-state index contributed by atoms with van der Waals surface area (Å²) in [7, 11) is 0. The summed E-state index contributed by atoms with van der Waals surface area (Å²) in [6, 6.07) is 9.57. The van der Waals surface area contributed by atoms with Gasteiger partial charge in [-0.25, -0.2) is 0 Å². The van der Waals surface area contributed by atoms with Crippen LogP contribution in [-0.4, -0.2) is 54.2 Å². The van der Waals surface area contributed by atoms with Crippen molar-refractivity contribution >= 4 is 5.91 Å². The predicted octanol–water partition coefficient (Wildman–Crippen LogP) is 1.79. The highest BCUT2D eigenvalue weighted by atomic mass is 16.3. The summed E-state index contributed by atoms with van der Waals surface area (Å²) in [4.78, 5) is 15.0. The molecule has 1 aliphatic rings. The number of hydrogen-bond donors (Lipinski definition) is 3. The lowest BCUT2D eigenvalue weighted by atomic mass is 9.86. The van der Waals surface area contributed by atoms with Crippen LogP contribution in [0.2, 0.25) is 0 Å². The molecule has 1 aliphatic heterocycles. The fourth-order valence-electron chi connectivity index (χ4n) is 3.61. The average Bonchev–Trinajstić information content (AvgIpc) is 3.13. The number of benzene rings is 1. The number of aliphatic hydroxyl groups excluding tert-OH is 1. The molecule has 5 nitrogen and oxygen atoms in total. The summed E-state index contributed by atoms with van der Waals surface area (Å²) in [5, 5.41) is 13.6. The number of likely N-dealkylation sites (tertiary alicyclic amines) is 1. The minimum atomic E-state index is -0.688. The van der Waals surface area contributed by atoms with Gasteiger partial charge in [0.25, 0.3) is 0 Å². The predicted molar refractivity (Wildman–Crippen MR) is 106 cm³/mol. The van der Waals surface area contributed by atoms with Crippen LogP contribution >= 0.6 is 0 Å². The Morgan fingerprint density at radius 1 is 1.23 bits per heavy atom. The zero-order valence-corrected chi connectivity index (χ0v) is 16.2. The van der Waals surface area contributed by atoms with Crippen molar-refractivity contribution < 1.29 is 9.90 Å². The van der Waals surface area contributed by atoms with Gasteiger partial charge in [0.15, 0.2) is 0 Å². The first-order chi connectivity index (χ1) is 12.5. The van der Waals surface area contributed by atoms with Crippen molar-refractivity contribution in [1.82, 2.24) is 10.2 Å². The highest BCUT2D eigenvalue weighted by molar-refractivity contribution is 5.78. The highest BCUT2D eigenvalue weighted by Gasteiger charge is 2.28. The molecule has 1 aromatic carbocycles. The third-order valence-corrected chi connectivity index (χ3v) is 5.37. The molecule has 2 rings (SSSR count). The molecule has 1 heterocycles. The van der Waals surface area contributed by atoms with Crippen LogP contribution in [0.3, 0.4) is 0 Å². The summed E-state index contributed by atoms with van der Waals surface area (Å²) >= 11 is 0. The van der Waals surface area contributed by atoms with Gasteiger partial charge in [0.2, 0.25) is 5.91 Å². The van der Waals surface area contributed by atoms with Crippen LogP contribution in [0.5, 0.6) is 0 Å². The van der Waals surface area contributed by atoms with E-state index in [1.54, 1.807) is 0 Å². The molecule has 1 saturated heterocycles. The van der Waals surface area contributed by atoms with Gasteiger partial charge in [-0.05, 0) is 50.3 Å². The number of carbonyl (C=O) groups excluding carboxylic acids is 1. The number of carbonyl (C=O) groups is 1. The Labute approximate surface area is 158 Å². The summed E-state index contributed by atoms with van der Waals surface area (Å²) in [5.41, 5.74) is 7.30. The molecular formula is C21H35N3O2. The third kappa shape index (κ3) is 6.71. The Morgan fingerprint density at radius 2 is 1.88 bits per heavy atom. The van der Waals surface area contributed by atoms with Gasteiger partial charge in [0.1, 0.15) is 0 Å². The Balaban J connectivity index is 1.80. The summed E-state index contributed by atoms with van der Waals surface area (Å²) in [6.45, 7) is 7.91. The summed E-state index contributed by atoms with van der Waals surface area (Å²) in [5.74, 6) is -0.0177. The maximum Gasteiger partial charge on any atom is 0.223 e. The lowest BCUT2D eigenvalue weighted by Gasteiger charge is -2.26. The van der Waals surface area contributed by atoms with E-state index in [1.165, 1.54) is 12.8 Å². The molecule has 4 N–H and O–H groups in total.